The van der Waals surface area contributed by atoms with E-state index in [4.69, 9.17) is 14.2 Å². The van der Waals surface area contributed by atoms with Crippen molar-refractivity contribution in [3.8, 4) is 17.2 Å². The predicted molar refractivity (Wildman–Crippen MR) is 151 cm³/mol. The molecule has 1 saturated heterocycles. The highest BCUT2D eigenvalue weighted by molar-refractivity contribution is 6.19. The lowest BCUT2D eigenvalue weighted by atomic mass is 9.51. The van der Waals surface area contributed by atoms with Crippen LogP contribution in [-0.4, -0.2) is 50.2 Å². The molecule has 8 heteroatoms. The third-order valence-electron chi connectivity index (χ3n) is 9.37. The molecule has 1 unspecified atom stereocenters. The van der Waals surface area contributed by atoms with Crippen molar-refractivity contribution in [2.75, 3.05) is 0 Å². The van der Waals surface area contributed by atoms with Crippen LogP contribution in [0.3, 0.4) is 0 Å². The standard InChI is InChI=1S/C33H36O8/c1-16(2)8-9-20-26-19(11-12-30(4,5)39-26)24(34)23-25(35)21-14-18-15-22-31(6,7)41-32(28(18)36,13-10-17(3)29(37)38)33(21,22)40-27(20)23/h8,10-12,14,18,22,34H,9,13,15H2,1-7H3,(H,37,38)/b17-10-/t18-,22?,32-,33+/m1/s1. The molecule has 4 atom stereocenters. The molecule has 3 aliphatic carbocycles. The van der Waals surface area contributed by atoms with Gasteiger partial charge in [-0.15, -0.1) is 0 Å². The molecule has 3 aliphatic heterocycles. The lowest BCUT2D eigenvalue weighted by Gasteiger charge is -2.56. The van der Waals surface area contributed by atoms with Crippen LogP contribution in [0.2, 0.25) is 0 Å². The van der Waals surface area contributed by atoms with Crippen LogP contribution in [0, 0.1) is 11.8 Å². The molecule has 41 heavy (non-hydrogen) atoms. The Morgan fingerprint density at radius 3 is 2.44 bits per heavy atom. The predicted octanol–water partition coefficient (Wildman–Crippen LogP) is 5.51. The molecule has 0 aromatic heterocycles. The molecule has 1 spiro atoms. The number of carbonyl (C=O) groups excluding carboxylic acids is 2. The van der Waals surface area contributed by atoms with Gasteiger partial charge < -0.3 is 24.4 Å². The fourth-order valence-corrected chi connectivity index (χ4v) is 7.44. The number of fused-ring (bicyclic) bond motifs is 2. The Labute approximate surface area is 239 Å². The number of aliphatic carboxylic acids is 1. The molecule has 1 saturated carbocycles. The first kappa shape index (κ1) is 27.5. The minimum Gasteiger partial charge on any atom is -0.506 e. The van der Waals surface area contributed by atoms with E-state index in [1.807, 2.05) is 53.7 Å². The van der Waals surface area contributed by atoms with E-state index in [1.165, 1.54) is 13.0 Å². The van der Waals surface area contributed by atoms with Crippen LogP contribution in [0.15, 0.2) is 41.0 Å². The van der Waals surface area contributed by atoms with Crippen LogP contribution in [-0.2, 0) is 20.7 Å². The van der Waals surface area contributed by atoms with Crippen molar-refractivity contribution in [3.63, 3.8) is 0 Å². The summed E-state index contributed by atoms with van der Waals surface area (Å²) in [5, 5.41) is 21.1. The maximum atomic E-state index is 14.5. The maximum Gasteiger partial charge on any atom is 0.330 e. The van der Waals surface area contributed by atoms with Crippen LogP contribution in [0.5, 0.6) is 17.2 Å². The van der Waals surface area contributed by atoms with Crippen LogP contribution in [0.1, 0.15) is 82.8 Å². The largest absolute Gasteiger partial charge is 0.506 e. The fraction of sp³-hybridized carbons (Fsp3) is 0.485. The number of allylic oxidation sites excluding steroid dienone is 3. The van der Waals surface area contributed by atoms with Gasteiger partial charge in [-0.1, -0.05) is 23.8 Å². The number of ketones is 2. The van der Waals surface area contributed by atoms with Gasteiger partial charge in [-0.25, -0.2) is 4.79 Å². The lowest BCUT2D eigenvalue weighted by molar-refractivity contribution is -0.171. The summed E-state index contributed by atoms with van der Waals surface area (Å²) in [6.45, 7) is 13.0. The van der Waals surface area contributed by atoms with Gasteiger partial charge in [0, 0.05) is 35.0 Å². The van der Waals surface area contributed by atoms with Gasteiger partial charge in [-0.3, -0.25) is 9.59 Å². The second-order valence-electron chi connectivity index (χ2n) is 13.2. The van der Waals surface area contributed by atoms with E-state index in [-0.39, 0.29) is 40.8 Å². The molecule has 3 heterocycles. The Balaban J connectivity index is 1.66. The van der Waals surface area contributed by atoms with Crippen molar-refractivity contribution in [2.45, 2.75) is 90.1 Å². The van der Waals surface area contributed by atoms with E-state index in [0.717, 1.165) is 5.57 Å². The van der Waals surface area contributed by atoms with Crippen molar-refractivity contribution in [3.05, 3.63) is 57.7 Å². The number of Topliss-reactive ketones (excluding diaryl/α,β-unsaturated/α-hetero) is 2. The molecule has 2 fully saturated rings. The summed E-state index contributed by atoms with van der Waals surface area (Å²) in [6.07, 6.45) is 9.54. The van der Waals surface area contributed by atoms with Crippen molar-refractivity contribution in [1.82, 2.24) is 0 Å². The van der Waals surface area contributed by atoms with Crippen LogP contribution < -0.4 is 9.47 Å². The van der Waals surface area contributed by atoms with Gasteiger partial charge in [-0.2, -0.15) is 0 Å². The third-order valence-corrected chi connectivity index (χ3v) is 9.37. The normalized spacial score (nSPS) is 31.4. The number of phenolic OH excluding ortho intramolecular Hbond substituents is 1. The zero-order chi connectivity index (χ0) is 29.9. The first-order valence-electron chi connectivity index (χ1n) is 14.1. The number of rotatable bonds is 5. The minimum absolute atomic E-state index is 0.0513. The van der Waals surface area contributed by atoms with Gasteiger partial charge in [0.2, 0.25) is 0 Å². The van der Waals surface area contributed by atoms with E-state index < -0.39 is 40.1 Å². The van der Waals surface area contributed by atoms with Crippen molar-refractivity contribution < 1.29 is 38.8 Å². The Hall–Kier alpha value is -3.65. The maximum absolute atomic E-state index is 14.5. The van der Waals surface area contributed by atoms with Gasteiger partial charge in [-0.05, 0) is 73.5 Å². The number of benzene rings is 1. The molecule has 0 radical (unpaired) electrons. The number of phenols is 1. The number of ether oxygens (including phenoxy) is 3. The van der Waals surface area contributed by atoms with Gasteiger partial charge in [0.15, 0.2) is 22.8 Å². The number of hydrogen-bond donors (Lipinski definition) is 2. The van der Waals surface area contributed by atoms with Crippen LogP contribution >= 0.6 is 0 Å². The molecule has 6 aliphatic rings. The number of aromatic hydroxyl groups is 1. The SMILES string of the molecule is CC(C)=CCc1c2c(c(O)c3c1O[C@@]14C(=C[C@@H]5CC1C(C)(C)O[C@]4(C/C=C(/C)C(=O)O)C5=O)C3=O)C=CC(C)(C)O2. The Kier molecular flexibility index (Phi) is 5.67. The molecule has 7 rings (SSSR count). The Bertz CT molecular complexity index is 1560. The van der Waals surface area contributed by atoms with E-state index in [9.17, 15) is 24.6 Å². The summed E-state index contributed by atoms with van der Waals surface area (Å²) in [7, 11) is 0. The first-order valence-corrected chi connectivity index (χ1v) is 14.1. The Morgan fingerprint density at radius 2 is 1.78 bits per heavy atom. The van der Waals surface area contributed by atoms with Crippen molar-refractivity contribution in [2.24, 2.45) is 11.8 Å². The fourth-order valence-electron chi connectivity index (χ4n) is 7.44. The van der Waals surface area contributed by atoms with E-state index >= 15 is 0 Å². The molecule has 2 N–H and O–H groups in total. The van der Waals surface area contributed by atoms with E-state index in [0.29, 0.717) is 35.3 Å². The lowest BCUT2D eigenvalue weighted by Crippen LogP contribution is -2.72. The topological polar surface area (TPSA) is 119 Å². The second kappa shape index (κ2) is 8.44. The van der Waals surface area contributed by atoms with E-state index in [2.05, 4.69) is 0 Å². The highest BCUT2D eigenvalue weighted by Gasteiger charge is 2.81. The zero-order valence-electron chi connectivity index (χ0n) is 24.5. The number of carbonyl (C=O) groups is 3. The first-order chi connectivity index (χ1) is 19.1. The molecule has 216 valence electrons. The summed E-state index contributed by atoms with van der Waals surface area (Å²) in [4.78, 5) is 40.4. The third kappa shape index (κ3) is 3.52. The van der Waals surface area contributed by atoms with Gasteiger partial charge in [0.1, 0.15) is 28.4 Å². The molecule has 0 amide bonds. The zero-order valence-corrected chi connectivity index (χ0v) is 24.5. The summed E-state index contributed by atoms with van der Waals surface area (Å²) >= 11 is 0. The van der Waals surface area contributed by atoms with Gasteiger partial charge >= 0.3 is 5.97 Å². The molecular weight excluding hydrogens is 524 g/mol. The van der Waals surface area contributed by atoms with Gasteiger partial charge in [0.25, 0.3) is 0 Å². The summed E-state index contributed by atoms with van der Waals surface area (Å²) < 4.78 is 20.1. The summed E-state index contributed by atoms with van der Waals surface area (Å²) in [5.41, 5.74) is -2.14. The second-order valence-corrected chi connectivity index (χ2v) is 13.2. The molecule has 4 bridgehead atoms. The quantitative estimate of drug-likeness (QED) is 0.357. The van der Waals surface area contributed by atoms with Crippen LogP contribution in [0.25, 0.3) is 6.08 Å². The van der Waals surface area contributed by atoms with Crippen molar-refractivity contribution in [1.29, 1.82) is 0 Å². The average molecular weight is 561 g/mol. The molecule has 1 aromatic rings. The van der Waals surface area contributed by atoms with Crippen LogP contribution in [0.4, 0.5) is 0 Å². The van der Waals surface area contributed by atoms with E-state index in [1.54, 1.807) is 12.2 Å². The number of carboxylic acids is 1. The smallest absolute Gasteiger partial charge is 0.330 e. The Morgan fingerprint density at radius 1 is 1.07 bits per heavy atom. The highest BCUT2D eigenvalue weighted by Crippen LogP contribution is 2.68. The highest BCUT2D eigenvalue weighted by atomic mass is 16.6. The number of carboxylic acid groups (broad SMARTS) is 1. The molecule has 1 aromatic carbocycles. The monoisotopic (exact) mass is 560 g/mol. The molecular formula is C33H36O8. The minimum atomic E-state index is -1.61. The summed E-state index contributed by atoms with van der Waals surface area (Å²) in [6, 6.07) is 0. The average Bonchev–Trinajstić information content (AvgIpc) is 3.03. The summed E-state index contributed by atoms with van der Waals surface area (Å²) in [5.74, 6) is -2.29. The van der Waals surface area contributed by atoms with Crippen molar-refractivity contribution >= 4 is 23.6 Å². The number of hydrogen-bond acceptors (Lipinski definition) is 7. The van der Waals surface area contributed by atoms with Gasteiger partial charge in [0.05, 0.1) is 11.2 Å². The molecule has 8 nitrogen and oxygen atoms in total.